The van der Waals surface area contributed by atoms with Crippen LogP contribution < -0.4 is 14.8 Å². The number of carbonyl (C=O) groups excluding carboxylic acids is 2. The van der Waals surface area contributed by atoms with Crippen LogP contribution in [-0.2, 0) is 29.2 Å². The highest BCUT2D eigenvalue weighted by molar-refractivity contribution is 5.78. The first-order chi connectivity index (χ1) is 18.1. The second-order valence-corrected chi connectivity index (χ2v) is 8.71. The van der Waals surface area contributed by atoms with Crippen LogP contribution in [-0.4, -0.2) is 66.7 Å². The van der Waals surface area contributed by atoms with Crippen molar-refractivity contribution < 1.29 is 23.8 Å². The number of ether oxygens (including phenoxy) is 3. The third kappa shape index (κ3) is 7.94. The van der Waals surface area contributed by atoms with Crippen molar-refractivity contribution in [1.82, 2.24) is 20.1 Å². The van der Waals surface area contributed by atoms with Crippen molar-refractivity contribution in [2.24, 2.45) is 0 Å². The number of benzene rings is 2. The molecule has 1 saturated heterocycles. The largest absolute Gasteiger partial charge is 0.493 e. The van der Waals surface area contributed by atoms with Gasteiger partial charge in [-0.05, 0) is 34.9 Å². The molecule has 0 radical (unpaired) electrons. The van der Waals surface area contributed by atoms with Crippen LogP contribution >= 0.6 is 0 Å². The standard InChI is InChI=1S/C28H32N4O5/c1-35-25-10-9-23(18-30-28(34)37-20-22-6-3-2-4-7-22)16-26(25)36-21-27(33)32-14-12-31(13-15-32)19-24-8-5-11-29-17-24/h2-11,16-17H,12-15,18-21H2,1H3,(H,30,34). The number of hydrogen-bond donors (Lipinski definition) is 1. The van der Waals surface area contributed by atoms with E-state index in [-0.39, 0.29) is 25.7 Å². The molecule has 37 heavy (non-hydrogen) atoms. The quantitative estimate of drug-likeness (QED) is 0.453. The van der Waals surface area contributed by atoms with Gasteiger partial charge in [-0.3, -0.25) is 14.7 Å². The van der Waals surface area contributed by atoms with Crippen molar-refractivity contribution >= 4 is 12.0 Å². The Hall–Kier alpha value is -4.11. The number of nitrogens with zero attached hydrogens (tertiary/aromatic N) is 3. The van der Waals surface area contributed by atoms with Crippen LogP contribution in [0, 0.1) is 0 Å². The average Bonchev–Trinajstić information content (AvgIpc) is 2.95. The Morgan fingerprint density at radius 2 is 1.70 bits per heavy atom. The SMILES string of the molecule is COc1ccc(CNC(=O)OCc2ccccc2)cc1OCC(=O)N1CCN(Cc2cccnc2)CC1. The van der Waals surface area contributed by atoms with Gasteiger partial charge in [0, 0.05) is 51.7 Å². The van der Waals surface area contributed by atoms with Crippen LogP contribution in [0.25, 0.3) is 0 Å². The van der Waals surface area contributed by atoms with Gasteiger partial charge in [0.1, 0.15) is 6.61 Å². The van der Waals surface area contributed by atoms with E-state index in [1.807, 2.05) is 53.6 Å². The molecule has 9 heteroatoms. The first-order valence-electron chi connectivity index (χ1n) is 12.2. The summed E-state index contributed by atoms with van der Waals surface area (Å²) in [6, 6.07) is 18.8. The molecule has 9 nitrogen and oxygen atoms in total. The summed E-state index contributed by atoms with van der Waals surface area (Å²) >= 11 is 0. The van der Waals surface area contributed by atoms with Crippen molar-refractivity contribution in [1.29, 1.82) is 0 Å². The summed E-state index contributed by atoms with van der Waals surface area (Å²) in [6.45, 7) is 4.07. The number of amides is 2. The number of methoxy groups -OCH3 is 1. The van der Waals surface area contributed by atoms with Crippen LogP contribution in [0.15, 0.2) is 73.1 Å². The number of pyridine rings is 1. The minimum Gasteiger partial charge on any atom is -0.493 e. The van der Waals surface area contributed by atoms with Crippen LogP contribution in [0.2, 0.25) is 0 Å². The van der Waals surface area contributed by atoms with E-state index in [4.69, 9.17) is 14.2 Å². The summed E-state index contributed by atoms with van der Waals surface area (Å²) in [5, 5.41) is 2.73. The molecule has 1 fully saturated rings. The highest BCUT2D eigenvalue weighted by Crippen LogP contribution is 2.28. The van der Waals surface area contributed by atoms with E-state index in [2.05, 4.69) is 21.3 Å². The van der Waals surface area contributed by atoms with Gasteiger partial charge >= 0.3 is 6.09 Å². The zero-order valence-electron chi connectivity index (χ0n) is 21.0. The molecule has 1 aliphatic heterocycles. The van der Waals surface area contributed by atoms with Gasteiger partial charge in [-0.15, -0.1) is 0 Å². The summed E-state index contributed by atoms with van der Waals surface area (Å²) in [5.74, 6) is 0.892. The van der Waals surface area contributed by atoms with Crippen molar-refractivity contribution in [2.75, 3.05) is 39.9 Å². The predicted octanol–water partition coefficient (Wildman–Crippen LogP) is 3.24. The van der Waals surface area contributed by atoms with E-state index < -0.39 is 6.09 Å². The monoisotopic (exact) mass is 504 g/mol. The molecule has 1 aliphatic rings. The number of hydrogen-bond acceptors (Lipinski definition) is 7. The normalized spacial score (nSPS) is 13.6. The predicted molar refractivity (Wildman–Crippen MR) is 138 cm³/mol. The van der Waals surface area contributed by atoms with E-state index >= 15 is 0 Å². The maximum absolute atomic E-state index is 12.8. The van der Waals surface area contributed by atoms with Crippen molar-refractivity contribution in [3.05, 3.63) is 89.7 Å². The topological polar surface area (TPSA) is 93.2 Å². The zero-order valence-corrected chi connectivity index (χ0v) is 21.0. The average molecular weight is 505 g/mol. The number of nitrogens with one attached hydrogen (secondary N) is 1. The minimum absolute atomic E-state index is 0.0731. The van der Waals surface area contributed by atoms with E-state index in [0.717, 1.165) is 36.3 Å². The molecule has 2 amide bonds. The Kier molecular flexibility index (Phi) is 9.31. The fourth-order valence-corrected chi connectivity index (χ4v) is 4.03. The molecule has 2 aromatic carbocycles. The molecule has 0 bridgehead atoms. The lowest BCUT2D eigenvalue weighted by Gasteiger charge is -2.34. The first-order valence-corrected chi connectivity index (χ1v) is 12.2. The van der Waals surface area contributed by atoms with E-state index in [1.165, 1.54) is 0 Å². The summed E-state index contributed by atoms with van der Waals surface area (Å²) in [6.07, 6.45) is 3.12. The molecule has 0 atom stereocenters. The highest BCUT2D eigenvalue weighted by atomic mass is 16.5. The molecule has 4 rings (SSSR count). The molecule has 1 aromatic heterocycles. The van der Waals surface area contributed by atoms with E-state index in [1.54, 1.807) is 25.4 Å². The first kappa shape index (κ1) is 26.0. The molecule has 2 heterocycles. The molecule has 0 spiro atoms. The summed E-state index contributed by atoms with van der Waals surface area (Å²) in [5.41, 5.74) is 2.87. The smallest absolute Gasteiger partial charge is 0.407 e. The molecule has 194 valence electrons. The molecule has 1 N–H and O–H groups in total. The fourth-order valence-electron chi connectivity index (χ4n) is 4.03. The number of carbonyl (C=O) groups is 2. The third-order valence-corrected chi connectivity index (χ3v) is 6.08. The van der Waals surface area contributed by atoms with Crippen LogP contribution in [0.5, 0.6) is 11.5 Å². The number of alkyl carbamates (subject to hydrolysis) is 1. The lowest BCUT2D eigenvalue weighted by molar-refractivity contribution is -0.135. The number of piperazine rings is 1. The Bertz CT molecular complexity index is 1150. The van der Waals surface area contributed by atoms with Gasteiger partial charge in [-0.1, -0.05) is 42.5 Å². The Morgan fingerprint density at radius 3 is 2.43 bits per heavy atom. The molecule has 0 saturated carbocycles. The van der Waals surface area contributed by atoms with Gasteiger partial charge in [0.25, 0.3) is 5.91 Å². The van der Waals surface area contributed by atoms with Gasteiger partial charge < -0.3 is 24.4 Å². The lowest BCUT2D eigenvalue weighted by atomic mass is 10.2. The molecular formula is C28H32N4O5. The third-order valence-electron chi connectivity index (χ3n) is 6.08. The van der Waals surface area contributed by atoms with E-state index in [9.17, 15) is 9.59 Å². The fraction of sp³-hybridized carbons (Fsp3) is 0.321. The number of rotatable bonds is 10. The number of aromatic nitrogens is 1. The minimum atomic E-state index is -0.514. The Balaban J connectivity index is 1.23. The highest BCUT2D eigenvalue weighted by Gasteiger charge is 2.22. The van der Waals surface area contributed by atoms with E-state index in [0.29, 0.717) is 24.6 Å². The maximum Gasteiger partial charge on any atom is 0.407 e. The Labute approximate surface area is 217 Å². The van der Waals surface area contributed by atoms with Crippen molar-refractivity contribution in [3.8, 4) is 11.5 Å². The van der Waals surface area contributed by atoms with Crippen molar-refractivity contribution in [2.45, 2.75) is 19.7 Å². The summed E-state index contributed by atoms with van der Waals surface area (Å²) < 4.78 is 16.5. The Morgan fingerprint density at radius 1 is 0.919 bits per heavy atom. The van der Waals surface area contributed by atoms with Gasteiger partial charge in [-0.25, -0.2) is 4.79 Å². The van der Waals surface area contributed by atoms with Crippen LogP contribution in [0.3, 0.4) is 0 Å². The maximum atomic E-state index is 12.8. The van der Waals surface area contributed by atoms with Gasteiger partial charge in [0.05, 0.1) is 7.11 Å². The summed E-state index contributed by atoms with van der Waals surface area (Å²) in [7, 11) is 1.55. The van der Waals surface area contributed by atoms with Gasteiger partial charge in [0.15, 0.2) is 18.1 Å². The van der Waals surface area contributed by atoms with Gasteiger partial charge in [0.2, 0.25) is 0 Å². The molecule has 0 unspecified atom stereocenters. The van der Waals surface area contributed by atoms with Crippen LogP contribution in [0.4, 0.5) is 4.79 Å². The second-order valence-electron chi connectivity index (χ2n) is 8.71. The second kappa shape index (κ2) is 13.3. The van der Waals surface area contributed by atoms with Crippen LogP contribution in [0.1, 0.15) is 16.7 Å². The van der Waals surface area contributed by atoms with Crippen molar-refractivity contribution in [3.63, 3.8) is 0 Å². The summed E-state index contributed by atoms with van der Waals surface area (Å²) in [4.78, 5) is 33.1. The van der Waals surface area contributed by atoms with Gasteiger partial charge in [-0.2, -0.15) is 0 Å². The molecular weight excluding hydrogens is 472 g/mol. The lowest BCUT2D eigenvalue weighted by Crippen LogP contribution is -2.49. The zero-order chi connectivity index (χ0) is 25.9. The molecule has 0 aliphatic carbocycles. The molecule has 3 aromatic rings.